The number of benzene rings is 1. The van der Waals surface area contributed by atoms with Crippen LogP contribution in [0.15, 0.2) is 79.3 Å². The third kappa shape index (κ3) is 4.24. The van der Waals surface area contributed by atoms with E-state index in [1.54, 1.807) is 40.5 Å². The third-order valence-corrected chi connectivity index (χ3v) is 6.19. The molecule has 3 heterocycles. The lowest BCUT2D eigenvalue weighted by atomic mass is 9.77. The Kier molecular flexibility index (Phi) is 6.28. The highest BCUT2D eigenvalue weighted by Crippen LogP contribution is 2.38. The SMILES string of the molecule is C[C@]1(CO)[C@H](c2ccccc2)CN(C(=O)Cc2ccccn2)CN1C(=O)c1ccncc1. The average molecular weight is 431 g/mol. The minimum absolute atomic E-state index is 0.0905. The van der Waals surface area contributed by atoms with E-state index < -0.39 is 5.54 Å². The van der Waals surface area contributed by atoms with E-state index in [1.165, 1.54) is 0 Å². The molecule has 0 spiro atoms. The van der Waals surface area contributed by atoms with Crippen LogP contribution in [-0.2, 0) is 11.2 Å². The minimum atomic E-state index is -0.885. The molecule has 0 unspecified atom stereocenters. The molecule has 0 aliphatic carbocycles. The van der Waals surface area contributed by atoms with Crippen molar-refractivity contribution in [1.29, 1.82) is 0 Å². The molecule has 1 aliphatic heterocycles. The number of pyridine rings is 2. The van der Waals surface area contributed by atoms with Gasteiger partial charge < -0.3 is 14.9 Å². The molecular formula is C25H26N4O3. The summed E-state index contributed by atoms with van der Waals surface area (Å²) in [5.74, 6) is -0.627. The van der Waals surface area contributed by atoms with Crippen LogP contribution in [0.2, 0.25) is 0 Å². The fourth-order valence-electron chi connectivity index (χ4n) is 4.24. The molecule has 1 saturated heterocycles. The van der Waals surface area contributed by atoms with Crippen LogP contribution in [0, 0.1) is 0 Å². The number of nitrogens with zero attached hydrogens (tertiary/aromatic N) is 4. The van der Waals surface area contributed by atoms with Crippen LogP contribution < -0.4 is 0 Å². The van der Waals surface area contributed by atoms with Gasteiger partial charge in [0.05, 0.1) is 25.2 Å². The molecule has 3 aromatic rings. The topological polar surface area (TPSA) is 86.6 Å². The lowest BCUT2D eigenvalue weighted by molar-refractivity contribution is -0.139. The number of aliphatic hydroxyl groups is 1. The zero-order valence-corrected chi connectivity index (χ0v) is 18.0. The van der Waals surface area contributed by atoms with Crippen molar-refractivity contribution in [2.45, 2.75) is 24.8 Å². The maximum Gasteiger partial charge on any atom is 0.255 e. The fraction of sp³-hybridized carbons (Fsp3) is 0.280. The number of hydrogen-bond donors (Lipinski definition) is 1. The van der Waals surface area contributed by atoms with Gasteiger partial charge in [-0.2, -0.15) is 0 Å². The molecule has 32 heavy (non-hydrogen) atoms. The maximum absolute atomic E-state index is 13.5. The second-order valence-electron chi connectivity index (χ2n) is 8.20. The van der Waals surface area contributed by atoms with E-state index in [4.69, 9.17) is 0 Å². The lowest BCUT2D eigenvalue weighted by Crippen LogP contribution is -2.66. The molecule has 2 aromatic heterocycles. The van der Waals surface area contributed by atoms with Gasteiger partial charge in [-0.05, 0) is 36.8 Å². The molecule has 7 heteroatoms. The highest BCUT2D eigenvalue weighted by molar-refractivity contribution is 5.95. The predicted molar refractivity (Wildman–Crippen MR) is 120 cm³/mol. The van der Waals surface area contributed by atoms with Gasteiger partial charge in [-0.1, -0.05) is 36.4 Å². The minimum Gasteiger partial charge on any atom is -0.394 e. The molecule has 0 radical (unpaired) electrons. The van der Waals surface area contributed by atoms with Gasteiger partial charge in [0, 0.05) is 42.3 Å². The van der Waals surface area contributed by atoms with Crippen molar-refractivity contribution in [1.82, 2.24) is 19.8 Å². The summed E-state index contributed by atoms with van der Waals surface area (Å²) in [5, 5.41) is 10.5. The Balaban J connectivity index is 1.71. The van der Waals surface area contributed by atoms with Gasteiger partial charge in [0.2, 0.25) is 5.91 Å². The van der Waals surface area contributed by atoms with Gasteiger partial charge in [0.15, 0.2) is 0 Å². The van der Waals surface area contributed by atoms with Crippen LogP contribution in [0.1, 0.15) is 34.5 Å². The molecular weight excluding hydrogens is 404 g/mol. The van der Waals surface area contributed by atoms with Crippen LogP contribution in [-0.4, -0.2) is 62.0 Å². The van der Waals surface area contributed by atoms with Gasteiger partial charge in [-0.15, -0.1) is 0 Å². The van der Waals surface area contributed by atoms with Crippen LogP contribution in [0.25, 0.3) is 0 Å². The first-order chi connectivity index (χ1) is 15.5. The summed E-state index contributed by atoms with van der Waals surface area (Å²) in [5.41, 5.74) is 1.22. The summed E-state index contributed by atoms with van der Waals surface area (Å²) >= 11 is 0. The number of rotatable bonds is 5. The Hall–Kier alpha value is -3.58. The summed E-state index contributed by atoms with van der Waals surface area (Å²) in [6, 6.07) is 18.5. The number of aliphatic hydroxyl groups excluding tert-OH is 1. The standard InChI is InChI=1S/C25H26N4O3/c1-25(17-30)22(19-7-3-2-4-8-19)16-28(23(31)15-21-9-5-6-12-27-21)18-29(25)24(32)20-10-13-26-14-11-20/h2-14,22,30H,15-18H2,1H3/t22-,25-/m0/s1. The summed E-state index contributed by atoms with van der Waals surface area (Å²) in [6.07, 6.45) is 4.93. The Morgan fingerprint density at radius 1 is 1.03 bits per heavy atom. The van der Waals surface area contributed by atoms with E-state index in [9.17, 15) is 14.7 Å². The van der Waals surface area contributed by atoms with Crippen molar-refractivity contribution >= 4 is 11.8 Å². The van der Waals surface area contributed by atoms with Gasteiger partial charge in [0.25, 0.3) is 5.91 Å². The van der Waals surface area contributed by atoms with E-state index in [2.05, 4.69) is 9.97 Å². The van der Waals surface area contributed by atoms with Gasteiger partial charge >= 0.3 is 0 Å². The molecule has 2 amide bonds. The second kappa shape index (κ2) is 9.28. The summed E-state index contributed by atoms with van der Waals surface area (Å²) in [4.78, 5) is 38.3. The Bertz CT molecular complexity index is 1060. The van der Waals surface area contributed by atoms with Gasteiger partial charge in [0.1, 0.15) is 0 Å². The van der Waals surface area contributed by atoms with Crippen LogP contribution in [0.3, 0.4) is 0 Å². The molecule has 1 aromatic carbocycles. The average Bonchev–Trinajstić information content (AvgIpc) is 2.85. The van der Waals surface area contributed by atoms with Crippen molar-refractivity contribution < 1.29 is 14.7 Å². The molecule has 1 aliphatic rings. The first kappa shape index (κ1) is 21.6. The van der Waals surface area contributed by atoms with Gasteiger partial charge in [-0.3, -0.25) is 19.6 Å². The monoisotopic (exact) mass is 430 g/mol. The molecule has 164 valence electrons. The zero-order valence-electron chi connectivity index (χ0n) is 18.0. The van der Waals surface area contributed by atoms with Crippen molar-refractivity contribution in [3.63, 3.8) is 0 Å². The summed E-state index contributed by atoms with van der Waals surface area (Å²) in [6.45, 7) is 2.13. The van der Waals surface area contributed by atoms with Crippen LogP contribution >= 0.6 is 0 Å². The van der Waals surface area contributed by atoms with Gasteiger partial charge in [-0.25, -0.2) is 0 Å². The number of hydrogen-bond acceptors (Lipinski definition) is 5. The quantitative estimate of drug-likeness (QED) is 0.672. The molecule has 7 nitrogen and oxygen atoms in total. The van der Waals surface area contributed by atoms with Crippen molar-refractivity contribution in [2.75, 3.05) is 19.8 Å². The summed E-state index contributed by atoms with van der Waals surface area (Å²) in [7, 11) is 0. The number of carbonyl (C=O) groups is 2. The lowest BCUT2D eigenvalue weighted by Gasteiger charge is -2.53. The molecule has 0 saturated carbocycles. The highest BCUT2D eigenvalue weighted by atomic mass is 16.3. The first-order valence-electron chi connectivity index (χ1n) is 10.6. The normalized spacial score (nSPS) is 20.8. The second-order valence-corrected chi connectivity index (χ2v) is 8.20. The maximum atomic E-state index is 13.5. The zero-order chi connectivity index (χ0) is 22.6. The highest BCUT2D eigenvalue weighted by Gasteiger charge is 2.48. The Labute approximate surface area is 187 Å². The largest absolute Gasteiger partial charge is 0.394 e. The van der Waals surface area contributed by atoms with Crippen molar-refractivity contribution in [2.24, 2.45) is 0 Å². The summed E-state index contributed by atoms with van der Waals surface area (Å²) < 4.78 is 0. The van der Waals surface area contributed by atoms with Crippen LogP contribution in [0.4, 0.5) is 0 Å². The Morgan fingerprint density at radius 2 is 1.75 bits per heavy atom. The van der Waals surface area contributed by atoms with E-state index in [-0.39, 0.29) is 37.4 Å². The van der Waals surface area contributed by atoms with Crippen molar-refractivity contribution in [3.05, 3.63) is 96.1 Å². The molecule has 4 rings (SSSR count). The fourth-order valence-corrected chi connectivity index (χ4v) is 4.24. The number of carbonyl (C=O) groups excluding carboxylic acids is 2. The molecule has 1 fully saturated rings. The molecule has 1 N–H and O–H groups in total. The smallest absolute Gasteiger partial charge is 0.255 e. The molecule has 0 bridgehead atoms. The molecule has 2 atom stereocenters. The van der Waals surface area contributed by atoms with E-state index in [0.29, 0.717) is 17.8 Å². The third-order valence-electron chi connectivity index (χ3n) is 6.19. The number of aromatic nitrogens is 2. The Morgan fingerprint density at radius 3 is 2.41 bits per heavy atom. The number of amides is 2. The first-order valence-corrected chi connectivity index (χ1v) is 10.6. The van der Waals surface area contributed by atoms with E-state index >= 15 is 0 Å². The van der Waals surface area contributed by atoms with Crippen molar-refractivity contribution in [3.8, 4) is 0 Å². The van der Waals surface area contributed by atoms with E-state index in [0.717, 1.165) is 5.56 Å². The van der Waals surface area contributed by atoms with Crippen LogP contribution in [0.5, 0.6) is 0 Å². The van der Waals surface area contributed by atoms with E-state index in [1.807, 2.05) is 55.5 Å². The predicted octanol–water partition coefficient (Wildman–Crippen LogP) is 2.50.